The van der Waals surface area contributed by atoms with E-state index >= 15 is 0 Å². The topological polar surface area (TPSA) is 41.5 Å². The molecule has 2 saturated heterocycles. The first-order valence-corrected chi connectivity index (χ1v) is 9.11. The molecule has 2 aromatic rings. The van der Waals surface area contributed by atoms with Crippen molar-refractivity contribution in [3.8, 4) is 0 Å². The standard InChI is InChI=1S/C20H26N4O/c1-25-20-7-10-24(13-17-6-2-3-9-22-17)19-15-23(14-18(19)20)12-16-5-4-8-21-11-16/h2-6,8-9,11,18-20H,7,10,12-15H2,1H3/t18-,19+,20-/m0/s1. The molecule has 0 amide bonds. The maximum Gasteiger partial charge on any atom is 0.0639 e. The number of hydrogen-bond donors (Lipinski definition) is 0. The van der Waals surface area contributed by atoms with E-state index in [4.69, 9.17) is 4.74 Å². The molecule has 0 radical (unpaired) electrons. The van der Waals surface area contributed by atoms with Crippen LogP contribution in [-0.4, -0.2) is 58.7 Å². The Morgan fingerprint density at radius 2 is 2.08 bits per heavy atom. The van der Waals surface area contributed by atoms with Gasteiger partial charge in [-0.1, -0.05) is 12.1 Å². The van der Waals surface area contributed by atoms with Crippen molar-refractivity contribution in [2.24, 2.45) is 5.92 Å². The zero-order valence-corrected chi connectivity index (χ0v) is 14.8. The van der Waals surface area contributed by atoms with E-state index in [1.165, 1.54) is 5.56 Å². The largest absolute Gasteiger partial charge is 0.381 e. The highest BCUT2D eigenvalue weighted by Crippen LogP contribution is 2.33. The van der Waals surface area contributed by atoms with Gasteiger partial charge in [0.2, 0.25) is 0 Å². The minimum absolute atomic E-state index is 0.365. The van der Waals surface area contributed by atoms with Crippen molar-refractivity contribution in [2.45, 2.75) is 31.7 Å². The molecule has 0 spiro atoms. The molecule has 132 valence electrons. The zero-order chi connectivity index (χ0) is 17.1. The van der Waals surface area contributed by atoms with Crippen molar-refractivity contribution in [1.82, 2.24) is 19.8 Å². The Balaban J connectivity index is 1.47. The predicted molar refractivity (Wildman–Crippen MR) is 96.9 cm³/mol. The average Bonchev–Trinajstić information content (AvgIpc) is 3.08. The van der Waals surface area contributed by atoms with Gasteiger partial charge in [-0.15, -0.1) is 0 Å². The molecule has 0 unspecified atom stereocenters. The van der Waals surface area contributed by atoms with E-state index in [0.717, 1.165) is 44.8 Å². The Morgan fingerprint density at radius 1 is 1.12 bits per heavy atom. The lowest BCUT2D eigenvalue weighted by molar-refractivity contribution is -0.0248. The van der Waals surface area contributed by atoms with E-state index in [9.17, 15) is 0 Å². The second kappa shape index (κ2) is 7.60. The molecule has 4 rings (SSSR count). The molecule has 5 heteroatoms. The third kappa shape index (κ3) is 3.73. The predicted octanol–water partition coefficient (Wildman–Crippen LogP) is 2.20. The molecule has 4 heterocycles. The monoisotopic (exact) mass is 338 g/mol. The molecule has 3 atom stereocenters. The van der Waals surface area contributed by atoms with Gasteiger partial charge in [0.05, 0.1) is 11.8 Å². The number of likely N-dealkylation sites (tertiary alicyclic amines) is 2. The lowest BCUT2D eigenvalue weighted by Gasteiger charge is -2.41. The summed E-state index contributed by atoms with van der Waals surface area (Å²) in [6.45, 7) is 5.16. The van der Waals surface area contributed by atoms with E-state index in [1.807, 2.05) is 37.8 Å². The number of piperidine rings is 1. The van der Waals surface area contributed by atoms with Crippen LogP contribution in [-0.2, 0) is 17.8 Å². The Hall–Kier alpha value is -1.82. The van der Waals surface area contributed by atoms with Crippen molar-refractivity contribution >= 4 is 0 Å². The van der Waals surface area contributed by atoms with Gasteiger partial charge in [0.1, 0.15) is 0 Å². The third-order valence-electron chi connectivity index (χ3n) is 5.58. The average molecular weight is 338 g/mol. The number of fused-ring (bicyclic) bond motifs is 1. The maximum absolute atomic E-state index is 5.82. The van der Waals surface area contributed by atoms with Gasteiger partial charge in [-0.05, 0) is 30.2 Å². The Kier molecular flexibility index (Phi) is 5.06. The minimum atomic E-state index is 0.365. The summed E-state index contributed by atoms with van der Waals surface area (Å²) in [7, 11) is 1.86. The van der Waals surface area contributed by atoms with Crippen LogP contribution in [0.1, 0.15) is 17.7 Å². The van der Waals surface area contributed by atoms with Gasteiger partial charge >= 0.3 is 0 Å². The molecule has 0 aliphatic carbocycles. The highest BCUT2D eigenvalue weighted by atomic mass is 16.5. The van der Waals surface area contributed by atoms with Crippen LogP contribution in [0.25, 0.3) is 0 Å². The van der Waals surface area contributed by atoms with Crippen LogP contribution < -0.4 is 0 Å². The summed E-state index contributed by atoms with van der Waals surface area (Å²) in [6.07, 6.45) is 7.16. The summed E-state index contributed by atoms with van der Waals surface area (Å²) >= 11 is 0. The molecular formula is C20H26N4O. The third-order valence-corrected chi connectivity index (χ3v) is 5.58. The van der Waals surface area contributed by atoms with E-state index in [0.29, 0.717) is 18.1 Å². The van der Waals surface area contributed by atoms with E-state index in [2.05, 4.69) is 38.0 Å². The summed E-state index contributed by atoms with van der Waals surface area (Å²) in [4.78, 5) is 13.9. The summed E-state index contributed by atoms with van der Waals surface area (Å²) in [5.74, 6) is 0.569. The fraction of sp³-hybridized carbons (Fsp3) is 0.500. The quantitative estimate of drug-likeness (QED) is 0.836. The number of aromatic nitrogens is 2. The summed E-state index contributed by atoms with van der Waals surface area (Å²) in [5.41, 5.74) is 2.44. The highest BCUT2D eigenvalue weighted by Gasteiger charge is 2.44. The minimum Gasteiger partial charge on any atom is -0.381 e. The van der Waals surface area contributed by atoms with Gasteiger partial charge in [0.25, 0.3) is 0 Å². The maximum atomic E-state index is 5.82. The Morgan fingerprint density at radius 3 is 2.84 bits per heavy atom. The van der Waals surface area contributed by atoms with Gasteiger partial charge in [-0.2, -0.15) is 0 Å². The summed E-state index contributed by atoms with van der Waals surface area (Å²) < 4.78 is 5.82. The number of ether oxygens (including phenoxy) is 1. The number of pyridine rings is 2. The van der Waals surface area contributed by atoms with Crippen LogP contribution in [0.5, 0.6) is 0 Å². The van der Waals surface area contributed by atoms with Gasteiger partial charge in [0.15, 0.2) is 0 Å². The van der Waals surface area contributed by atoms with Crippen molar-refractivity contribution in [3.05, 3.63) is 60.2 Å². The molecular weight excluding hydrogens is 312 g/mol. The van der Waals surface area contributed by atoms with Crippen molar-refractivity contribution < 1.29 is 4.74 Å². The number of hydrogen-bond acceptors (Lipinski definition) is 5. The fourth-order valence-electron chi connectivity index (χ4n) is 4.39. The molecule has 2 fully saturated rings. The van der Waals surface area contributed by atoms with Crippen LogP contribution in [0.15, 0.2) is 48.9 Å². The van der Waals surface area contributed by atoms with Crippen molar-refractivity contribution in [3.63, 3.8) is 0 Å². The number of rotatable bonds is 5. The van der Waals surface area contributed by atoms with Crippen LogP contribution in [0.3, 0.4) is 0 Å². The molecule has 5 nitrogen and oxygen atoms in total. The van der Waals surface area contributed by atoms with Crippen molar-refractivity contribution in [1.29, 1.82) is 0 Å². The smallest absolute Gasteiger partial charge is 0.0639 e. The van der Waals surface area contributed by atoms with Crippen LogP contribution in [0, 0.1) is 5.92 Å². The van der Waals surface area contributed by atoms with Gasteiger partial charge in [-0.25, -0.2) is 0 Å². The molecule has 0 bridgehead atoms. The summed E-state index contributed by atoms with van der Waals surface area (Å²) in [6, 6.07) is 10.9. The second-order valence-electron chi connectivity index (χ2n) is 7.14. The molecule has 2 aliphatic rings. The van der Waals surface area contributed by atoms with Crippen LogP contribution in [0.2, 0.25) is 0 Å². The molecule has 25 heavy (non-hydrogen) atoms. The zero-order valence-electron chi connectivity index (χ0n) is 14.8. The lowest BCUT2D eigenvalue weighted by Crippen LogP contribution is -2.50. The summed E-state index contributed by atoms with van der Waals surface area (Å²) in [5, 5.41) is 0. The molecule has 0 N–H and O–H groups in total. The van der Waals surface area contributed by atoms with Gasteiger partial charge < -0.3 is 4.74 Å². The SMILES string of the molecule is CO[C@H]1CCN(Cc2ccccn2)[C@@H]2CN(Cc3cccnc3)C[C@H]12. The van der Waals surface area contributed by atoms with Crippen LogP contribution in [0.4, 0.5) is 0 Å². The fourth-order valence-corrected chi connectivity index (χ4v) is 4.39. The molecule has 0 saturated carbocycles. The van der Waals surface area contributed by atoms with Crippen LogP contribution >= 0.6 is 0 Å². The van der Waals surface area contributed by atoms with E-state index in [1.54, 1.807) is 0 Å². The Bertz CT molecular complexity index is 666. The van der Waals surface area contributed by atoms with E-state index in [-0.39, 0.29) is 0 Å². The normalized spacial score (nSPS) is 27.3. The molecule has 2 aliphatic heterocycles. The Labute approximate surface area is 149 Å². The second-order valence-corrected chi connectivity index (χ2v) is 7.14. The first-order chi connectivity index (χ1) is 12.3. The van der Waals surface area contributed by atoms with E-state index < -0.39 is 0 Å². The molecule has 2 aromatic heterocycles. The molecule has 0 aromatic carbocycles. The van der Waals surface area contributed by atoms with Gasteiger partial charge in [0, 0.05) is 70.4 Å². The lowest BCUT2D eigenvalue weighted by atomic mass is 9.89. The highest BCUT2D eigenvalue weighted by molar-refractivity contribution is 5.10. The van der Waals surface area contributed by atoms with Crippen molar-refractivity contribution in [2.75, 3.05) is 26.7 Å². The number of nitrogens with zero attached hydrogens (tertiary/aromatic N) is 4. The first kappa shape index (κ1) is 16.6. The van der Waals surface area contributed by atoms with Gasteiger partial charge in [-0.3, -0.25) is 19.8 Å². The first-order valence-electron chi connectivity index (χ1n) is 9.11. The number of methoxy groups -OCH3 is 1.